The monoisotopic (exact) mass is 274 g/mol. The molecule has 0 radical (unpaired) electrons. The second-order valence-corrected chi connectivity index (χ2v) is 5.72. The zero-order chi connectivity index (χ0) is 13.4. The molecule has 0 saturated heterocycles. The lowest BCUT2D eigenvalue weighted by molar-refractivity contribution is -0.114. The maximum atomic E-state index is 11.0. The predicted molar refractivity (Wildman–Crippen MR) is 74.2 cm³/mol. The van der Waals surface area contributed by atoms with Gasteiger partial charge >= 0.3 is 0 Å². The summed E-state index contributed by atoms with van der Waals surface area (Å²) < 4.78 is 0. The number of aryl methyl sites for hydroxylation is 1. The van der Waals surface area contributed by atoms with E-state index in [1.165, 1.54) is 31.1 Å². The molecular weight excluding hydrogens is 260 g/mol. The molecule has 19 heavy (non-hydrogen) atoms. The average molecular weight is 274 g/mol. The van der Waals surface area contributed by atoms with Gasteiger partial charge in [0, 0.05) is 19.0 Å². The van der Waals surface area contributed by atoms with Crippen LogP contribution in [0, 0.1) is 6.92 Å². The first-order valence-electron chi connectivity index (χ1n) is 6.21. The number of thiazole rings is 1. The number of nitrogens with zero attached hydrogens (tertiary/aromatic N) is 3. The van der Waals surface area contributed by atoms with Gasteiger partial charge in [0.15, 0.2) is 5.13 Å². The zero-order valence-electron chi connectivity index (χ0n) is 10.8. The van der Waals surface area contributed by atoms with Crippen LogP contribution >= 0.6 is 11.3 Å². The van der Waals surface area contributed by atoms with Gasteiger partial charge in [0.05, 0.1) is 22.5 Å². The van der Waals surface area contributed by atoms with E-state index >= 15 is 0 Å². The maximum absolute atomic E-state index is 11.0. The van der Waals surface area contributed by atoms with Crippen LogP contribution in [-0.2, 0) is 4.79 Å². The molecule has 1 aliphatic rings. The van der Waals surface area contributed by atoms with Crippen LogP contribution in [-0.4, -0.2) is 20.9 Å². The van der Waals surface area contributed by atoms with E-state index in [4.69, 9.17) is 0 Å². The van der Waals surface area contributed by atoms with E-state index in [-0.39, 0.29) is 5.91 Å². The van der Waals surface area contributed by atoms with Gasteiger partial charge < -0.3 is 5.32 Å². The summed E-state index contributed by atoms with van der Waals surface area (Å²) in [6.45, 7) is 3.40. The van der Waals surface area contributed by atoms with Crippen molar-refractivity contribution in [3.05, 3.63) is 23.8 Å². The first-order valence-corrected chi connectivity index (χ1v) is 7.02. The van der Waals surface area contributed by atoms with Gasteiger partial charge in [-0.3, -0.25) is 9.78 Å². The molecule has 0 unspecified atom stereocenters. The summed E-state index contributed by atoms with van der Waals surface area (Å²) in [5.41, 5.74) is 2.78. The minimum Gasteiger partial charge on any atom is -0.302 e. The molecule has 0 aromatic carbocycles. The highest BCUT2D eigenvalue weighted by Crippen LogP contribution is 2.40. The Hall–Kier alpha value is -1.82. The third-order valence-corrected chi connectivity index (χ3v) is 4.06. The van der Waals surface area contributed by atoms with E-state index < -0.39 is 0 Å². The normalized spacial score (nSPS) is 14.4. The molecule has 1 fully saturated rings. The number of rotatable bonds is 3. The van der Waals surface area contributed by atoms with Gasteiger partial charge in [-0.2, -0.15) is 0 Å². The van der Waals surface area contributed by atoms with Gasteiger partial charge in [-0.1, -0.05) is 11.3 Å². The molecule has 1 saturated carbocycles. The lowest BCUT2D eigenvalue weighted by Crippen LogP contribution is -2.04. The standard InChI is InChI=1S/C13H14N4OS/c1-7-12(19-13(15-7)16-8(2)18)11-6-14-5-10(17-11)9-3-4-9/h5-6,9H,3-4H2,1-2H3,(H,15,16,18). The van der Waals surface area contributed by atoms with Crippen LogP contribution in [0.1, 0.15) is 37.1 Å². The van der Waals surface area contributed by atoms with Crippen molar-refractivity contribution >= 4 is 22.4 Å². The summed E-state index contributed by atoms with van der Waals surface area (Å²) in [5, 5.41) is 3.32. The van der Waals surface area contributed by atoms with Gasteiger partial charge in [0.2, 0.25) is 5.91 Å². The van der Waals surface area contributed by atoms with Crippen molar-refractivity contribution in [1.82, 2.24) is 15.0 Å². The van der Waals surface area contributed by atoms with Gasteiger partial charge in [0.25, 0.3) is 0 Å². The Kier molecular flexibility index (Phi) is 3.02. The van der Waals surface area contributed by atoms with Gasteiger partial charge in [-0.05, 0) is 19.8 Å². The van der Waals surface area contributed by atoms with Crippen molar-refractivity contribution in [3.63, 3.8) is 0 Å². The fourth-order valence-corrected chi connectivity index (χ4v) is 2.87. The van der Waals surface area contributed by atoms with Crippen LogP contribution in [0.3, 0.4) is 0 Å². The van der Waals surface area contributed by atoms with Crippen molar-refractivity contribution in [2.75, 3.05) is 5.32 Å². The van der Waals surface area contributed by atoms with Crippen molar-refractivity contribution in [3.8, 4) is 10.6 Å². The summed E-state index contributed by atoms with van der Waals surface area (Å²) in [7, 11) is 0. The van der Waals surface area contributed by atoms with Gasteiger partial charge in [-0.15, -0.1) is 0 Å². The average Bonchev–Trinajstić information content (AvgIpc) is 3.14. The van der Waals surface area contributed by atoms with E-state index in [9.17, 15) is 4.79 Å². The SMILES string of the molecule is CC(=O)Nc1nc(C)c(-c2cncc(C3CC3)n2)s1. The Labute approximate surface area is 115 Å². The molecule has 1 amide bonds. The van der Waals surface area contributed by atoms with Crippen molar-refractivity contribution < 1.29 is 4.79 Å². The largest absolute Gasteiger partial charge is 0.302 e. The molecule has 0 atom stereocenters. The number of aromatic nitrogens is 3. The minimum absolute atomic E-state index is 0.113. The number of hydrogen-bond donors (Lipinski definition) is 1. The summed E-state index contributed by atoms with van der Waals surface area (Å²) in [4.78, 5) is 25.3. The minimum atomic E-state index is -0.113. The number of carbonyl (C=O) groups is 1. The highest BCUT2D eigenvalue weighted by Gasteiger charge is 2.26. The van der Waals surface area contributed by atoms with E-state index in [1.54, 1.807) is 6.20 Å². The Morgan fingerprint density at radius 2 is 2.16 bits per heavy atom. The second-order valence-electron chi connectivity index (χ2n) is 4.72. The molecule has 0 spiro atoms. The van der Waals surface area contributed by atoms with Crippen LogP contribution < -0.4 is 5.32 Å². The highest BCUT2D eigenvalue weighted by atomic mass is 32.1. The predicted octanol–water partition coefficient (Wildman–Crippen LogP) is 2.74. The molecule has 6 heteroatoms. The summed E-state index contributed by atoms with van der Waals surface area (Å²) in [5.74, 6) is 0.466. The number of hydrogen-bond acceptors (Lipinski definition) is 5. The third kappa shape index (κ3) is 2.63. The second kappa shape index (κ2) is 4.70. The fourth-order valence-electron chi connectivity index (χ4n) is 1.90. The topological polar surface area (TPSA) is 67.8 Å². The van der Waals surface area contributed by atoms with Crippen molar-refractivity contribution in [2.45, 2.75) is 32.6 Å². The first-order chi connectivity index (χ1) is 9.13. The van der Waals surface area contributed by atoms with E-state index in [0.717, 1.165) is 22.0 Å². The van der Waals surface area contributed by atoms with Crippen molar-refractivity contribution in [1.29, 1.82) is 0 Å². The van der Waals surface area contributed by atoms with Crippen LogP contribution in [0.2, 0.25) is 0 Å². The van der Waals surface area contributed by atoms with Crippen LogP contribution in [0.25, 0.3) is 10.6 Å². The van der Waals surface area contributed by atoms with E-state index in [2.05, 4.69) is 20.3 Å². The molecule has 2 aromatic heterocycles. The molecule has 98 valence electrons. The van der Waals surface area contributed by atoms with Crippen molar-refractivity contribution in [2.24, 2.45) is 0 Å². The Morgan fingerprint density at radius 3 is 2.84 bits per heavy atom. The van der Waals surface area contributed by atoms with Gasteiger partial charge in [0.1, 0.15) is 5.69 Å². The van der Waals surface area contributed by atoms with E-state index in [1.807, 2.05) is 13.1 Å². The summed E-state index contributed by atoms with van der Waals surface area (Å²) in [6, 6.07) is 0. The zero-order valence-corrected chi connectivity index (χ0v) is 11.6. The molecule has 3 rings (SSSR count). The van der Waals surface area contributed by atoms with Crippen LogP contribution in [0.4, 0.5) is 5.13 Å². The Bertz CT molecular complexity index is 633. The fraction of sp³-hybridized carbons (Fsp3) is 0.385. The molecule has 0 bridgehead atoms. The number of amides is 1. The molecule has 2 heterocycles. The lowest BCUT2D eigenvalue weighted by atomic mass is 10.2. The number of nitrogens with one attached hydrogen (secondary N) is 1. The van der Waals surface area contributed by atoms with E-state index in [0.29, 0.717) is 11.0 Å². The molecule has 1 N–H and O–H groups in total. The summed E-state index contributed by atoms with van der Waals surface area (Å²) >= 11 is 1.44. The first kappa shape index (κ1) is 12.2. The molecule has 2 aromatic rings. The Morgan fingerprint density at radius 1 is 1.37 bits per heavy atom. The van der Waals surface area contributed by atoms with Crippen LogP contribution in [0.15, 0.2) is 12.4 Å². The maximum Gasteiger partial charge on any atom is 0.223 e. The molecule has 1 aliphatic carbocycles. The quantitative estimate of drug-likeness (QED) is 0.934. The molecular formula is C13H14N4OS. The summed E-state index contributed by atoms with van der Waals surface area (Å²) in [6.07, 6.45) is 6.00. The van der Waals surface area contributed by atoms with Crippen LogP contribution in [0.5, 0.6) is 0 Å². The van der Waals surface area contributed by atoms with Gasteiger partial charge in [-0.25, -0.2) is 9.97 Å². The smallest absolute Gasteiger partial charge is 0.223 e. The highest BCUT2D eigenvalue weighted by molar-refractivity contribution is 7.19. The molecule has 5 nitrogen and oxygen atoms in total. The third-order valence-electron chi connectivity index (χ3n) is 2.96. The number of carbonyl (C=O) groups excluding carboxylic acids is 1. The number of anilines is 1. The Balaban J connectivity index is 1.94. The molecule has 0 aliphatic heterocycles. The lowest BCUT2D eigenvalue weighted by Gasteiger charge is -2.00.